The molecule has 0 bridgehead atoms. The van der Waals surface area contributed by atoms with Crippen LogP contribution in [0.15, 0.2) is 12.3 Å². The largest absolute Gasteiger partial charge is 0.355 e. The van der Waals surface area contributed by atoms with E-state index in [0.717, 1.165) is 37.3 Å². The third-order valence-electron chi connectivity index (χ3n) is 2.90. The molecule has 19 heavy (non-hydrogen) atoms. The molecule has 0 saturated carbocycles. The molecular formula is C14H24N4O. The molecule has 1 heterocycles. The van der Waals surface area contributed by atoms with E-state index >= 15 is 0 Å². The minimum Gasteiger partial charge on any atom is -0.355 e. The SMILES string of the molecule is CCCCCNC(=O)C(C)NCc1ccnc(C)n1. The summed E-state index contributed by atoms with van der Waals surface area (Å²) in [5, 5.41) is 6.10. The summed E-state index contributed by atoms with van der Waals surface area (Å²) in [6.07, 6.45) is 5.09. The fraction of sp³-hybridized carbons (Fsp3) is 0.643. The molecule has 1 unspecified atom stereocenters. The van der Waals surface area contributed by atoms with Crippen LogP contribution in [-0.4, -0.2) is 28.5 Å². The first-order chi connectivity index (χ1) is 9.13. The number of nitrogens with one attached hydrogen (secondary N) is 2. The molecule has 0 aliphatic carbocycles. The highest BCUT2D eigenvalue weighted by atomic mass is 16.2. The van der Waals surface area contributed by atoms with Gasteiger partial charge in [-0.15, -0.1) is 0 Å². The summed E-state index contributed by atoms with van der Waals surface area (Å²) in [5.41, 5.74) is 0.901. The van der Waals surface area contributed by atoms with Crippen LogP contribution in [0, 0.1) is 6.92 Å². The number of hydrogen-bond donors (Lipinski definition) is 2. The molecule has 2 N–H and O–H groups in total. The Morgan fingerprint density at radius 2 is 2.21 bits per heavy atom. The number of hydrogen-bond acceptors (Lipinski definition) is 4. The molecule has 106 valence electrons. The Bertz CT molecular complexity index is 395. The summed E-state index contributed by atoms with van der Waals surface area (Å²) >= 11 is 0. The molecule has 0 aliphatic rings. The zero-order chi connectivity index (χ0) is 14.1. The van der Waals surface area contributed by atoms with Crippen molar-refractivity contribution in [3.63, 3.8) is 0 Å². The normalized spacial score (nSPS) is 12.2. The van der Waals surface area contributed by atoms with Gasteiger partial charge < -0.3 is 10.6 Å². The summed E-state index contributed by atoms with van der Waals surface area (Å²) in [6.45, 7) is 7.20. The van der Waals surface area contributed by atoms with Gasteiger partial charge in [-0.05, 0) is 26.3 Å². The van der Waals surface area contributed by atoms with Crippen LogP contribution in [0.25, 0.3) is 0 Å². The minimum atomic E-state index is -0.211. The first-order valence-corrected chi connectivity index (χ1v) is 6.93. The molecule has 5 nitrogen and oxygen atoms in total. The van der Waals surface area contributed by atoms with Gasteiger partial charge in [0.05, 0.1) is 11.7 Å². The van der Waals surface area contributed by atoms with Crippen LogP contribution >= 0.6 is 0 Å². The Morgan fingerprint density at radius 1 is 1.42 bits per heavy atom. The summed E-state index contributed by atoms with van der Waals surface area (Å²) in [5.74, 6) is 0.790. The fourth-order valence-corrected chi connectivity index (χ4v) is 1.69. The third-order valence-corrected chi connectivity index (χ3v) is 2.90. The molecular weight excluding hydrogens is 240 g/mol. The maximum absolute atomic E-state index is 11.8. The van der Waals surface area contributed by atoms with E-state index < -0.39 is 0 Å². The van der Waals surface area contributed by atoms with Crippen LogP contribution < -0.4 is 10.6 Å². The summed E-state index contributed by atoms with van der Waals surface area (Å²) in [4.78, 5) is 20.1. The molecule has 1 amide bonds. The number of carbonyl (C=O) groups is 1. The number of aromatic nitrogens is 2. The lowest BCUT2D eigenvalue weighted by Crippen LogP contribution is -2.42. The predicted octanol–water partition coefficient (Wildman–Crippen LogP) is 1.57. The van der Waals surface area contributed by atoms with Gasteiger partial charge in [0, 0.05) is 19.3 Å². The molecule has 0 aromatic carbocycles. The molecule has 1 aromatic rings. The topological polar surface area (TPSA) is 66.9 Å². The number of rotatable bonds is 8. The zero-order valence-electron chi connectivity index (χ0n) is 12.1. The molecule has 1 atom stereocenters. The van der Waals surface area contributed by atoms with E-state index in [2.05, 4.69) is 27.5 Å². The van der Waals surface area contributed by atoms with Gasteiger partial charge in [0.1, 0.15) is 5.82 Å². The molecule has 0 aliphatic heterocycles. The van der Waals surface area contributed by atoms with Crippen molar-refractivity contribution in [1.29, 1.82) is 0 Å². The van der Waals surface area contributed by atoms with Crippen LogP contribution in [0.5, 0.6) is 0 Å². The Labute approximate surface area is 115 Å². The summed E-state index contributed by atoms with van der Waals surface area (Å²) in [6, 6.07) is 1.64. The molecule has 1 aromatic heterocycles. The van der Waals surface area contributed by atoms with Gasteiger partial charge >= 0.3 is 0 Å². The Balaban J connectivity index is 2.26. The fourth-order valence-electron chi connectivity index (χ4n) is 1.69. The highest BCUT2D eigenvalue weighted by Gasteiger charge is 2.11. The molecule has 0 saturated heterocycles. The van der Waals surface area contributed by atoms with Crippen LogP contribution in [-0.2, 0) is 11.3 Å². The van der Waals surface area contributed by atoms with Gasteiger partial charge in [-0.1, -0.05) is 19.8 Å². The standard InChI is InChI=1S/C14H24N4O/c1-4-5-6-8-16-14(19)11(2)17-10-13-7-9-15-12(3)18-13/h7,9,11,17H,4-6,8,10H2,1-3H3,(H,16,19). The van der Waals surface area contributed by atoms with Crippen molar-refractivity contribution in [1.82, 2.24) is 20.6 Å². The zero-order valence-corrected chi connectivity index (χ0v) is 12.1. The van der Waals surface area contributed by atoms with Crippen LogP contribution in [0.2, 0.25) is 0 Å². The van der Waals surface area contributed by atoms with E-state index in [-0.39, 0.29) is 11.9 Å². The maximum atomic E-state index is 11.8. The lowest BCUT2D eigenvalue weighted by Gasteiger charge is -2.13. The lowest BCUT2D eigenvalue weighted by molar-refractivity contribution is -0.122. The second-order valence-electron chi connectivity index (χ2n) is 4.70. The Morgan fingerprint density at radius 3 is 2.89 bits per heavy atom. The van der Waals surface area contributed by atoms with Crippen LogP contribution in [0.1, 0.15) is 44.6 Å². The quantitative estimate of drug-likeness (QED) is 0.699. The van der Waals surface area contributed by atoms with Gasteiger partial charge in [0.2, 0.25) is 5.91 Å². The van der Waals surface area contributed by atoms with Crippen molar-refractivity contribution in [3.05, 3.63) is 23.8 Å². The minimum absolute atomic E-state index is 0.0434. The Hall–Kier alpha value is -1.49. The monoisotopic (exact) mass is 264 g/mol. The van der Waals surface area contributed by atoms with E-state index in [1.807, 2.05) is 19.9 Å². The first-order valence-electron chi connectivity index (χ1n) is 6.93. The van der Waals surface area contributed by atoms with Gasteiger partial charge in [-0.2, -0.15) is 0 Å². The van der Waals surface area contributed by atoms with Gasteiger partial charge in [-0.25, -0.2) is 9.97 Å². The highest BCUT2D eigenvalue weighted by Crippen LogP contribution is 1.96. The highest BCUT2D eigenvalue weighted by molar-refractivity contribution is 5.81. The molecule has 0 spiro atoms. The van der Waals surface area contributed by atoms with E-state index in [1.54, 1.807) is 6.20 Å². The summed E-state index contributed by atoms with van der Waals surface area (Å²) < 4.78 is 0. The first kappa shape index (κ1) is 15.6. The lowest BCUT2D eigenvalue weighted by atomic mass is 10.2. The maximum Gasteiger partial charge on any atom is 0.236 e. The van der Waals surface area contributed by atoms with Gasteiger partial charge in [0.15, 0.2) is 0 Å². The van der Waals surface area contributed by atoms with Gasteiger partial charge in [0.25, 0.3) is 0 Å². The predicted molar refractivity (Wildman–Crippen MR) is 75.6 cm³/mol. The van der Waals surface area contributed by atoms with Crippen molar-refractivity contribution in [3.8, 4) is 0 Å². The second kappa shape index (κ2) is 8.58. The molecule has 0 radical (unpaired) electrons. The second-order valence-corrected chi connectivity index (χ2v) is 4.70. The Kier molecular flexibility index (Phi) is 7.03. The van der Waals surface area contributed by atoms with E-state index in [0.29, 0.717) is 6.54 Å². The van der Waals surface area contributed by atoms with Crippen molar-refractivity contribution in [2.45, 2.75) is 52.6 Å². The van der Waals surface area contributed by atoms with Gasteiger partial charge in [-0.3, -0.25) is 4.79 Å². The molecule has 5 heteroatoms. The van der Waals surface area contributed by atoms with E-state index in [1.165, 1.54) is 0 Å². The average molecular weight is 264 g/mol. The van der Waals surface area contributed by atoms with Crippen molar-refractivity contribution >= 4 is 5.91 Å². The molecule has 0 fully saturated rings. The van der Waals surface area contributed by atoms with Crippen LogP contribution in [0.4, 0.5) is 0 Å². The number of amides is 1. The van der Waals surface area contributed by atoms with Crippen molar-refractivity contribution < 1.29 is 4.79 Å². The van der Waals surface area contributed by atoms with Crippen molar-refractivity contribution in [2.75, 3.05) is 6.54 Å². The van der Waals surface area contributed by atoms with Crippen molar-refractivity contribution in [2.24, 2.45) is 0 Å². The van der Waals surface area contributed by atoms with Crippen LogP contribution in [0.3, 0.4) is 0 Å². The molecule has 1 rings (SSSR count). The number of carbonyl (C=O) groups excluding carboxylic acids is 1. The number of nitrogens with zero attached hydrogens (tertiary/aromatic N) is 2. The van der Waals surface area contributed by atoms with E-state index in [9.17, 15) is 4.79 Å². The third kappa shape index (κ3) is 6.29. The summed E-state index contributed by atoms with van der Waals surface area (Å²) in [7, 11) is 0. The number of unbranched alkanes of at least 4 members (excludes halogenated alkanes) is 2. The average Bonchev–Trinajstić information content (AvgIpc) is 2.41. The van der Waals surface area contributed by atoms with E-state index in [4.69, 9.17) is 0 Å². The smallest absolute Gasteiger partial charge is 0.236 e. The number of aryl methyl sites for hydroxylation is 1.